The maximum Gasteiger partial charge on any atom is 0.185 e. The molecule has 0 aromatic carbocycles. The number of hydrogen-bond donors (Lipinski definition) is 1. The smallest absolute Gasteiger partial charge is 0.185 e. The van der Waals surface area contributed by atoms with Gasteiger partial charge in [0.25, 0.3) is 0 Å². The Labute approximate surface area is 150 Å². The molecule has 0 aromatic rings. The van der Waals surface area contributed by atoms with Crippen molar-refractivity contribution in [1.82, 2.24) is 4.90 Å². The van der Waals surface area contributed by atoms with Gasteiger partial charge in [-0.15, -0.1) is 0 Å². The van der Waals surface area contributed by atoms with Gasteiger partial charge in [0.05, 0.1) is 12.5 Å². The molecule has 140 valence electrons. The molecule has 3 heteroatoms. The molecule has 1 heterocycles. The number of rotatable bonds is 5. The maximum absolute atomic E-state index is 8.54. The summed E-state index contributed by atoms with van der Waals surface area (Å²) < 4.78 is 6.05. The average molecular weight is 337 g/mol. The van der Waals surface area contributed by atoms with E-state index in [0.29, 0.717) is 11.8 Å². The molecule has 3 atom stereocenters. The van der Waals surface area contributed by atoms with E-state index < -0.39 is 0 Å². The number of nitrogens with one attached hydrogen (secondary N) is 1. The van der Waals surface area contributed by atoms with E-state index in [0.717, 1.165) is 18.9 Å². The first-order chi connectivity index (χ1) is 11.2. The van der Waals surface area contributed by atoms with Gasteiger partial charge in [-0.05, 0) is 65.8 Å². The topological polar surface area (TPSA) is 36.3 Å². The largest absolute Gasteiger partial charge is 0.481 e. The van der Waals surface area contributed by atoms with E-state index in [4.69, 9.17) is 10.1 Å². The first kappa shape index (κ1) is 19.8. The van der Waals surface area contributed by atoms with Crippen molar-refractivity contribution < 1.29 is 4.74 Å². The van der Waals surface area contributed by atoms with Crippen LogP contribution in [0.5, 0.6) is 0 Å². The van der Waals surface area contributed by atoms with Crippen LogP contribution < -0.4 is 0 Å². The minimum Gasteiger partial charge on any atom is -0.481 e. The SMILES string of the molecule is CCCC1CCCC(COC(=N)C2CC(C)(C)N(C)C2(C)C)CC1. The lowest BCUT2D eigenvalue weighted by atomic mass is 9.86. The first-order valence-corrected chi connectivity index (χ1v) is 10.1. The maximum atomic E-state index is 8.54. The predicted octanol–water partition coefficient (Wildman–Crippen LogP) is 5.49. The summed E-state index contributed by atoms with van der Waals surface area (Å²) >= 11 is 0. The summed E-state index contributed by atoms with van der Waals surface area (Å²) in [5.41, 5.74) is 0.135. The zero-order valence-electron chi connectivity index (χ0n) is 17.0. The second kappa shape index (κ2) is 7.76. The van der Waals surface area contributed by atoms with Crippen LogP contribution in [0.25, 0.3) is 0 Å². The Kier molecular flexibility index (Phi) is 6.39. The Bertz CT molecular complexity index is 430. The molecule has 2 aliphatic rings. The van der Waals surface area contributed by atoms with Crippen LogP contribution in [0, 0.1) is 23.2 Å². The van der Waals surface area contributed by atoms with Crippen LogP contribution in [0.3, 0.4) is 0 Å². The lowest BCUT2D eigenvalue weighted by molar-refractivity contribution is 0.103. The molecular weight excluding hydrogens is 296 g/mol. The van der Waals surface area contributed by atoms with Crippen LogP contribution in [-0.4, -0.2) is 35.5 Å². The number of likely N-dealkylation sites (tertiary alicyclic amines) is 1. The van der Waals surface area contributed by atoms with Crippen LogP contribution in [0.4, 0.5) is 0 Å². The third-order valence-electron chi connectivity index (χ3n) is 7.02. The fourth-order valence-electron chi connectivity index (χ4n) is 4.94. The van der Waals surface area contributed by atoms with E-state index in [2.05, 4.69) is 46.6 Å². The van der Waals surface area contributed by atoms with E-state index >= 15 is 0 Å². The summed E-state index contributed by atoms with van der Waals surface area (Å²) in [6, 6.07) is 0. The summed E-state index contributed by atoms with van der Waals surface area (Å²) in [7, 11) is 2.19. The van der Waals surface area contributed by atoms with Crippen molar-refractivity contribution >= 4 is 5.90 Å². The standard InChI is InChI=1S/C21H40N2O/c1-7-9-16-10-8-11-17(13-12-16)15-24-19(22)18-14-20(2,3)23(6)21(18,4)5/h16-18,22H,7-15H2,1-6H3. The molecule has 1 N–H and O–H groups in total. The third kappa shape index (κ3) is 4.33. The highest BCUT2D eigenvalue weighted by Gasteiger charge is 2.51. The summed E-state index contributed by atoms with van der Waals surface area (Å²) in [6.07, 6.45) is 10.4. The molecule has 2 rings (SSSR count). The first-order valence-electron chi connectivity index (χ1n) is 10.1. The lowest BCUT2D eigenvalue weighted by Gasteiger charge is -2.38. The molecule has 0 radical (unpaired) electrons. The molecule has 3 nitrogen and oxygen atoms in total. The zero-order valence-corrected chi connectivity index (χ0v) is 17.0. The molecule has 0 spiro atoms. The molecule has 0 bridgehead atoms. The van der Waals surface area contributed by atoms with E-state index in [1.54, 1.807) is 0 Å². The van der Waals surface area contributed by atoms with Crippen LogP contribution in [0.15, 0.2) is 0 Å². The van der Waals surface area contributed by atoms with Crippen LogP contribution in [-0.2, 0) is 4.74 Å². The van der Waals surface area contributed by atoms with Gasteiger partial charge >= 0.3 is 0 Å². The predicted molar refractivity (Wildman–Crippen MR) is 103 cm³/mol. The van der Waals surface area contributed by atoms with Crippen molar-refractivity contribution in [1.29, 1.82) is 5.41 Å². The highest BCUT2D eigenvalue weighted by atomic mass is 16.5. The average Bonchev–Trinajstić information content (AvgIpc) is 2.69. The van der Waals surface area contributed by atoms with E-state index in [9.17, 15) is 0 Å². The molecule has 24 heavy (non-hydrogen) atoms. The van der Waals surface area contributed by atoms with Gasteiger partial charge in [0.15, 0.2) is 5.90 Å². The zero-order chi connectivity index (χ0) is 18.0. The third-order valence-corrected chi connectivity index (χ3v) is 7.02. The normalized spacial score (nSPS) is 33.2. The van der Waals surface area contributed by atoms with Crippen molar-refractivity contribution in [3.8, 4) is 0 Å². The molecular formula is C21H40N2O. The van der Waals surface area contributed by atoms with Gasteiger partial charge < -0.3 is 4.74 Å². The van der Waals surface area contributed by atoms with Gasteiger partial charge in [-0.3, -0.25) is 10.3 Å². The fourth-order valence-corrected chi connectivity index (χ4v) is 4.94. The van der Waals surface area contributed by atoms with E-state index in [1.807, 2.05) is 0 Å². The molecule has 2 fully saturated rings. The summed E-state index contributed by atoms with van der Waals surface area (Å²) in [4.78, 5) is 2.42. The van der Waals surface area contributed by atoms with Crippen molar-refractivity contribution in [2.75, 3.05) is 13.7 Å². The summed E-state index contributed by atoms with van der Waals surface area (Å²) in [5.74, 6) is 2.31. The van der Waals surface area contributed by atoms with Crippen molar-refractivity contribution in [2.24, 2.45) is 17.8 Å². The number of ether oxygens (including phenoxy) is 1. The molecule has 1 aliphatic carbocycles. The van der Waals surface area contributed by atoms with E-state index in [-0.39, 0.29) is 17.0 Å². The fraction of sp³-hybridized carbons (Fsp3) is 0.952. The minimum atomic E-state index is -0.00371. The molecule has 3 unspecified atom stereocenters. The number of nitrogens with zero attached hydrogens (tertiary/aromatic N) is 1. The number of hydrogen-bond acceptors (Lipinski definition) is 3. The molecule has 1 saturated heterocycles. The lowest BCUT2D eigenvalue weighted by Crippen LogP contribution is -2.48. The monoisotopic (exact) mass is 336 g/mol. The molecule has 1 saturated carbocycles. The van der Waals surface area contributed by atoms with Gasteiger partial charge in [0.2, 0.25) is 0 Å². The Hall–Kier alpha value is -0.570. The summed E-state index contributed by atoms with van der Waals surface area (Å²) in [6.45, 7) is 12.1. The quantitative estimate of drug-likeness (QED) is 0.409. The molecule has 0 amide bonds. The Balaban J connectivity index is 1.85. The highest BCUT2D eigenvalue weighted by Crippen LogP contribution is 2.44. The Morgan fingerprint density at radius 3 is 2.29 bits per heavy atom. The van der Waals surface area contributed by atoms with Gasteiger partial charge in [-0.25, -0.2) is 0 Å². The minimum absolute atomic E-state index is 0.00371. The van der Waals surface area contributed by atoms with Gasteiger partial charge in [0.1, 0.15) is 0 Å². The highest BCUT2D eigenvalue weighted by molar-refractivity contribution is 5.77. The van der Waals surface area contributed by atoms with Gasteiger partial charge in [0, 0.05) is 11.1 Å². The second-order valence-electron chi connectivity index (χ2n) is 9.49. The van der Waals surface area contributed by atoms with Crippen molar-refractivity contribution in [3.63, 3.8) is 0 Å². The summed E-state index contributed by atoms with van der Waals surface area (Å²) in [5, 5.41) is 8.54. The van der Waals surface area contributed by atoms with Crippen LogP contribution in [0.1, 0.15) is 86.0 Å². The van der Waals surface area contributed by atoms with Gasteiger partial charge in [-0.2, -0.15) is 0 Å². The Morgan fingerprint density at radius 2 is 1.71 bits per heavy atom. The van der Waals surface area contributed by atoms with Crippen LogP contribution >= 0.6 is 0 Å². The molecule has 0 aromatic heterocycles. The van der Waals surface area contributed by atoms with Crippen molar-refractivity contribution in [3.05, 3.63) is 0 Å². The Morgan fingerprint density at radius 1 is 1.08 bits per heavy atom. The van der Waals surface area contributed by atoms with Crippen molar-refractivity contribution in [2.45, 2.75) is 97.1 Å². The second-order valence-corrected chi connectivity index (χ2v) is 9.49. The van der Waals surface area contributed by atoms with Crippen LogP contribution in [0.2, 0.25) is 0 Å². The van der Waals surface area contributed by atoms with E-state index in [1.165, 1.54) is 44.9 Å². The van der Waals surface area contributed by atoms with Gasteiger partial charge in [-0.1, -0.05) is 39.0 Å². The molecule has 1 aliphatic heterocycles.